The molecule has 0 bridgehead atoms. The van der Waals surface area contributed by atoms with E-state index >= 15 is 0 Å². The lowest BCUT2D eigenvalue weighted by Crippen LogP contribution is -2.04. The van der Waals surface area contributed by atoms with Crippen LogP contribution in [0, 0.1) is 0 Å². The Labute approximate surface area is 152 Å². The number of carbonyl (C=O) groups is 1. The minimum absolute atomic E-state index is 0.0341. The van der Waals surface area contributed by atoms with Crippen molar-refractivity contribution in [1.29, 1.82) is 0 Å². The summed E-state index contributed by atoms with van der Waals surface area (Å²) in [6.45, 7) is 2.11. The zero-order chi connectivity index (χ0) is 18.5. The minimum atomic E-state index is -0.164. The second-order valence-corrected chi connectivity index (χ2v) is 6.03. The van der Waals surface area contributed by atoms with Crippen LogP contribution in [0.5, 0.6) is 23.0 Å². The summed E-state index contributed by atoms with van der Waals surface area (Å²) in [5.41, 5.74) is 2.15. The maximum Gasteiger partial charge on any atom is 0.196 e. The van der Waals surface area contributed by atoms with E-state index in [1.54, 1.807) is 24.3 Å². The summed E-state index contributed by atoms with van der Waals surface area (Å²) in [5.74, 6) is 0.0879. The first kappa shape index (κ1) is 17.5. The summed E-state index contributed by atoms with van der Waals surface area (Å²) in [4.78, 5) is 12.9. The molecule has 0 aliphatic heterocycles. The number of phenols is 2. The molecule has 0 heterocycles. The molecule has 4 nitrogen and oxygen atoms in total. The number of phenolic OH excluding ortho intramolecular Hbond substituents is 2. The number of carbonyl (C=O) groups excluding carboxylic acids is 1. The highest BCUT2D eigenvalue weighted by Gasteiger charge is 2.16. The molecule has 0 radical (unpaired) electrons. The highest BCUT2D eigenvalue weighted by Crippen LogP contribution is 2.35. The van der Waals surface area contributed by atoms with Crippen molar-refractivity contribution in [3.8, 4) is 23.0 Å². The van der Waals surface area contributed by atoms with Crippen LogP contribution in [-0.2, 0) is 6.42 Å². The van der Waals surface area contributed by atoms with E-state index in [0.29, 0.717) is 16.9 Å². The zero-order valence-electron chi connectivity index (χ0n) is 14.5. The van der Waals surface area contributed by atoms with Crippen LogP contribution in [0.4, 0.5) is 0 Å². The lowest BCUT2D eigenvalue weighted by atomic mass is 10.00. The Balaban J connectivity index is 1.91. The summed E-state index contributed by atoms with van der Waals surface area (Å²) in [5, 5.41) is 19.5. The number of aryl methyl sites for hydroxylation is 1. The third-order valence-corrected chi connectivity index (χ3v) is 4.05. The number of rotatable bonds is 6. The number of ketones is 1. The van der Waals surface area contributed by atoms with Crippen molar-refractivity contribution in [2.75, 3.05) is 0 Å². The van der Waals surface area contributed by atoms with Gasteiger partial charge in [0.25, 0.3) is 0 Å². The predicted octanol–water partition coefficient (Wildman–Crippen LogP) is 5.07. The Kier molecular flexibility index (Phi) is 5.23. The van der Waals surface area contributed by atoms with Crippen molar-refractivity contribution in [3.05, 3.63) is 83.4 Å². The zero-order valence-corrected chi connectivity index (χ0v) is 14.5. The van der Waals surface area contributed by atoms with E-state index in [1.807, 2.05) is 24.3 Å². The maximum atomic E-state index is 12.9. The van der Waals surface area contributed by atoms with Gasteiger partial charge in [-0.15, -0.1) is 0 Å². The molecule has 0 spiro atoms. The van der Waals surface area contributed by atoms with E-state index in [1.165, 1.54) is 23.8 Å². The fourth-order valence-electron chi connectivity index (χ4n) is 2.71. The number of benzene rings is 3. The van der Waals surface area contributed by atoms with Gasteiger partial charge in [0.15, 0.2) is 17.3 Å². The molecule has 0 fully saturated rings. The van der Waals surface area contributed by atoms with Gasteiger partial charge in [-0.05, 0) is 36.2 Å². The van der Waals surface area contributed by atoms with Crippen molar-refractivity contribution >= 4 is 5.78 Å². The van der Waals surface area contributed by atoms with E-state index in [4.69, 9.17) is 4.74 Å². The molecular formula is C22H20O4. The fraction of sp³-hybridized carbons (Fsp3) is 0.136. The van der Waals surface area contributed by atoms with E-state index in [2.05, 4.69) is 6.92 Å². The quantitative estimate of drug-likeness (QED) is 0.482. The minimum Gasteiger partial charge on any atom is -0.508 e. The Bertz CT molecular complexity index is 914. The molecule has 3 aromatic carbocycles. The molecule has 0 unspecified atom stereocenters. The standard InChI is InChI=1S/C22H20O4/c1-2-5-15-8-10-16(11-9-15)22(25)18-6-3-4-7-20(18)26-21-14-17(23)12-13-19(21)24/h3-4,6-14,23-24H,2,5H2,1H3. The summed E-state index contributed by atoms with van der Waals surface area (Å²) in [6, 6.07) is 18.4. The first-order chi connectivity index (χ1) is 12.6. The Hall–Kier alpha value is -3.27. The Morgan fingerprint density at radius 2 is 1.65 bits per heavy atom. The van der Waals surface area contributed by atoms with Gasteiger partial charge < -0.3 is 14.9 Å². The maximum absolute atomic E-state index is 12.9. The van der Waals surface area contributed by atoms with Gasteiger partial charge in [0.05, 0.1) is 5.56 Å². The molecule has 0 atom stereocenters. The molecule has 0 aliphatic rings. The van der Waals surface area contributed by atoms with Gasteiger partial charge in [-0.1, -0.05) is 49.7 Å². The van der Waals surface area contributed by atoms with Gasteiger partial charge >= 0.3 is 0 Å². The molecule has 0 aliphatic carbocycles. The van der Waals surface area contributed by atoms with Gasteiger partial charge in [0, 0.05) is 11.6 Å². The van der Waals surface area contributed by atoms with Crippen molar-refractivity contribution < 1.29 is 19.7 Å². The molecule has 4 heteroatoms. The normalized spacial score (nSPS) is 10.5. The highest BCUT2D eigenvalue weighted by atomic mass is 16.5. The van der Waals surface area contributed by atoms with Crippen LogP contribution in [-0.4, -0.2) is 16.0 Å². The fourth-order valence-corrected chi connectivity index (χ4v) is 2.71. The molecule has 132 valence electrons. The third kappa shape index (κ3) is 3.86. The van der Waals surface area contributed by atoms with Crippen LogP contribution in [0.25, 0.3) is 0 Å². The van der Waals surface area contributed by atoms with E-state index in [0.717, 1.165) is 12.8 Å². The van der Waals surface area contributed by atoms with Crippen LogP contribution in [0.2, 0.25) is 0 Å². The molecule has 3 aromatic rings. The molecule has 3 rings (SSSR count). The van der Waals surface area contributed by atoms with Gasteiger partial charge in [0.1, 0.15) is 11.5 Å². The Morgan fingerprint density at radius 3 is 2.38 bits per heavy atom. The van der Waals surface area contributed by atoms with Crippen molar-refractivity contribution in [3.63, 3.8) is 0 Å². The van der Waals surface area contributed by atoms with Crippen LogP contribution in [0.3, 0.4) is 0 Å². The summed E-state index contributed by atoms with van der Waals surface area (Å²) in [7, 11) is 0. The number of ether oxygens (including phenoxy) is 1. The summed E-state index contributed by atoms with van der Waals surface area (Å²) >= 11 is 0. The summed E-state index contributed by atoms with van der Waals surface area (Å²) < 4.78 is 5.70. The number of hydrogen-bond acceptors (Lipinski definition) is 4. The number of para-hydroxylation sites is 1. The molecule has 0 aromatic heterocycles. The predicted molar refractivity (Wildman–Crippen MR) is 100 cm³/mol. The van der Waals surface area contributed by atoms with Gasteiger partial charge in [-0.2, -0.15) is 0 Å². The summed E-state index contributed by atoms with van der Waals surface area (Å²) in [6.07, 6.45) is 2.03. The van der Waals surface area contributed by atoms with Crippen molar-refractivity contribution in [1.82, 2.24) is 0 Å². The second-order valence-electron chi connectivity index (χ2n) is 6.03. The van der Waals surface area contributed by atoms with Crippen LogP contribution >= 0.6 is 0 Å². The largest absolute Gasteiger partial charge is 0.508 e. The molecule has 2 N–H and O–H groups in total. The van der Waals surface area contributed by atoms with Crippen LogP contribution in [0.1, 0.15) is 34.8 Å². The first-order valence-electron chi connectivity index (χ1n) is 8.51. The molecule has 26 heavy (non-hydrogen) atoms. The topological polar surface area (TPSA) is 66.8 Å². The SMILES string of the molecule is CCCc1ccc(C(=O)c2ccccc2Oc2cc(O)ccc2O)cc1. The van der Waals surface area contributed by atoms with Gasteiger partial charge in [-0.25, -0.2) is 0 Å². The lowest BCUT2D eigenvalue weighted by Gasteiger charge is -2.12. The molecular weight excluding hydrogens is 328 g/mol. The van der Waals surface area contributed by atoms with E-state index in [9.17, 15) is 15.0 Å². The molecule has 0 amide bonds. The van der Waals surface area contributed by atoms with Crippen LogP contribution in [0.15, 0.2) is 66.7 Å². The number of hydrogen-bond donors (Lipinski definition) is 2. The third-order valence-electron chi connectivity index (χ3n) is 4.05. The van der Waals surface area contributed by atoms with E-state index < -0.39 is 0 Å². The van der Waals surface area contributed by atoms with Crippen molar-refractivity contribution in [2.45, 2.75) is 19.8 Å². The smallest absolute Gasteiger partial charge is 0.196 e. The second kappa shape index (κ2) is 7.74. The number of aromatic hydroxyl groups is 2. The average molecular weight is 348 g/mol. The van der Waals surface area contributed by atoms with E-state index in [-0.39, 0.29) is 23.0 Å². The average Bonchev–Trinajstić information content (AvgIpc) is 2.65. The van der Waals surface area contributed by atoms with Gasteiger partial charge in [-0.3, -0.25) is 4.79 Å². The Morgan fingerprint density at radius 1 is 0.923 bits per heavy atom. The lowest BCUT2D eigenvalue weighted by molar-refractivity contribution is 0.103. The van der Waals surface area contributed by atoms with Gasteiger partial charge in [0.2, 0.25) is 0 Å². The van der Waals surface area contributed by atoms with Crippen LogP contribution < -0.4 is 4.74 Å². The molecule has 0 saturated heterocycles. The monoisotopic (exact) mass is 348 g/mol. The molecule has 0 saturated carbocycles. The van der Waals surface area contributed by atoms with Crippen molar-refractivity contribution in [2.24, 2.45) is 0 Å². The highest BCUT2D eigenvalue weighted by molar-refractivity contribution is 6.10. The first-order valence-corrected chi connectivity index (χ1v) is 8.51.